The Morgan fingerprint density at radius 2 is 2.00 bits per heavy atom. The fourth-order valence-corrected chi connectivity index (χ4v) is 3.28. The monoisotopic (exact) mass is 202 g/mol. The van der Waals surface area contributed by atoms with Crippen LogP contribution in [0.15, 0.2) is 18.3 Å². The fourth-order valence-electron chi connectivity index (χ4n) is 3.28. The molecule has 2 nitrogen and oxygen atoms in total. The molecule has 0 atom stereocenters. The molecule has 0 bridgehead atoms. The summed E-state index contributed by atoms with van der Waals surface area (Å²) in [4.78, 5) is 4.34. The van der Waals surface area contributed by atoms with E-state index in [0.717, 1.165) is 5.69 Å². The van der Waals surface area contributed by atoms with E-state index in [2.05, 4.69) is 17.1 Å². The lowest BCUT2D eigenvalue weighted by atomic mass is 9.47. The molecule has 2 aliphatic rings. The van der Waals surface area contributed by atoms with Crippen LogP contribution in [-0.2, 0) is 5.54 Å². The van der Waals surface area contributed by atoms with Gasteiger partial charge in [0.1, 0.15) is 0 Å². The molecule has 80 valence electrons. The molecule has 0 aliphatic heterocycles. The van der Waals surface area contributed by atoms with Crippen LogP contribution in [0.5, 0.6) is 0 Å². The lowest BCUT2D eigenvalue weighted by Crippen LogP contribution is -2.58. The van der Waals surface area contributed by atoms with Crippen LogP contribution in [0.25, 0.3) is 0 Å². The zero-order valence-corrected chi connectivity index (χ0v) is 9.29. The first-order valence-corrected chi connectivity index (χ1v) is 5.84. The average Bonchev–Trinajstić information content (AvgIpc) is 2.11. The van der Waals surface area contributed by atoms with E-state index in [-0.39, 0.29) is 5.54 Å². The first kappa shape index (κ1) is 9.34. The Morgan fingerprint density at radius 3 is 2.47 bits per heavy atom. The highest BCUT2D eigenvalue weighted by Crippen LogP contribution is 2.62. The maximum Gasteiger partial charge on any atom is 0.0435 e. The summed E-state index contributed by atoms with van der Waals surface area (Å²) >= 11 is 0. The summed E-state index contributed by atoms with van der Waals surface area (Å²) in [5.74, 6) is 0. The number of aryl methyl sites for hydroxylation is 1. The molecule has 1 spiro atoms. The summed E-state index contributed by atoms with van der Waals surface area (Å²) in [6.45, 7) is 2.02. The Balaban J connectivity index is 1.80. The van der Waals surface area contributed by atoms with E-state index in [0.29, 0.717) is 5.41 Å². The van der Waals surface area contributed by atoms with Crippen LogP contribution in [0.2, 0.25) is 0 Å². The van der Waals surface area contributed by atoms with Gasteiger partial charge in [0, 0.05) is 17.4 Å². The van der Waals surface area contributed by atoms with Crippen LogP contribution < -0.4 is 5.73 Å². The Bertz CT molecular complexity index is 368. The van der Waals surface area contributed by atoms with Crippen molar-refractivity contribution in [1.29, 1.82) is 0 Å². The van der Waals surface area contributed by atoms with Gasteiger partial charge >= 0.3 is 0 Å². The highest BCUT2D eigenvalue weighted by atomic mass is 14.8. The quantitative estimate of drug-likeness (QED) is 0.760. The van der Waals surface area contributed by atoms with Crippen molar-refractivity contribution in [2.75, 3.05) is 0 Å². The Hall–Kier alpha value is -0.890. The third-order valence-electron chi connectivity index (χ3n) is 4.28. The van der Waals surface area contributed by atoms with Gasteiger partial charge in [0.15, 0.2) is 0 Å². The normalized spacial score (nSPS) is 25.7. The van der Waals surface area contributed by atoms with E-state index in [4.69, 9.17) is 5.73 Å². The molecule has 0 unspecified atom stereocenters. The summed E-state index contributed by atoms with van der Waals surface area (Å²) in [5, 5.41) is 0. The maximum atomic E-state index is 6.42. The zero-order chi connectivity index (χ0) is 10.5. The van der Waals surface area contributed by atoms with Crippen LogP contribution in [-0.4, -0.2) is 4.98 Å². The largest absolute Gasteiger partial charge is 0.321 e. The Morgan fingerprint density at radius 1 is 1.27 bits per heavy atom. The third kappa shape index (κ3) is 1.31. The first-order valence-electron chi connectivity index (χ1n) is 5.84. The molecule has 3 rings (SSSR count). The smallest absolute Gasteiger partial charge is 0.0435 e. The molecular weight excluding hydrogens is 184 g/mol. The second kappa shape index (κ2) is 2.82. The standard InChI is InChI=1S/C13H18N2/c1-10-3-4-11(7-15-10)13(14)8-12(9-13)5-2-6-12/h3-4,7H,2,5-6,8-9,14H2,1H3. The highest BCUT2D eigenvalue weighted by molar-refractivity contribution is 5.28. The van der Waals surface area contributed by atoms with Crippen molar-refractivity contribution in [2.24, 2.45) is 11.1 Å². The summed E-state index contributed by atoms with van der Waals surface area (Å²) in [7, 11) is 0. The van der Waals surface area contributed by atoms with Crippen LogP contribution in [0.4, 0.5) is 0 Å². The minimum Gasteiger partial charge on any atom is -0.321 e. The fraction of sp³-hybridized carbons (Fsp3) is 0.615. The number of hydrogen-bond acceptors (Lipinski definition) is 2. The van der Waals surface area contributed by atoms with Crippen molar-refractivity contribution >= 4 is 0 Å². The van der Waals surface area contributed by atoms with Gasteiger partial charge in [0.25, 0.3) is 0 Å². The average molecular weight is 202 g/mol. The number of rotatable bonds is 1. The first-order chi connectivity index (χ1) is 7.12. The second-order valence-electron chi connectivity index (χ2n) is 5.55. The van der Waals surface area contributed by atoms with Gasteiger partial charge in [-0.2, -0.15) is 0 Å². The van der Waals surface area contributed by atoms with E-state index in [1.54, 1.807) is 0 Å². The van der Waals surface area contributed by atoms with Crippen LogP contribution in [0.1, 0.15) is 43.4 Å². The van der Waals surface area contributed by atoms with E-state index in [9.17, 15) is 0 Å². The van der Waals surface area contributed by atoms with Crippen molar-refractivity contribution in [3.8, 4) is 0 Å². The van der Waals surface area contributed by atoms with Crippen LogP contribution in [0.3, 0.4) is 0 Å². The van der Waals surface area contributed by atoms with Gasteiger partial charge in [0.05, 0.1) is 0 Å². The van der Waals surface area contributed by atoms with Gasteiger partial charge in [-0.15, -0.1) is 0 Å². The number of nitrogens with two attached hydrogens (primary N) is 1. The molecule has 0 saturated heterocycles. The second-order valence-corrected chi connectivity index (χ2v) is 5.55. The Kier molecular flexibility index (Phi) is 1.76. The van der Waals surface area contributed by atoms with Gasteiger partial charge in [-0.25, -0.2) is 0 Å². The number of nitrogens with zero attached hydrogens (tertiary/aromatic N) is 1. The molecule has 0 radical (unpaired) electrons. The summed E-state index contributed by atoms with van der Waals surface area (Å²) in [6, 6.07) is 4.21. The van der Waals surface area contributed by atoms with Crippen LogP contribution in [0, 0.1) is 12.3 Å². The van der Waals surface area contributed by atoms with E-state index >= 15 is 0 Å². The van der Waals surface area contributed by atoms with Gasteiger partial charge in [-0.1, -0.05) is 12.5 Å². The van der Waals surface area contributed by atoms with E-state index in [1.165, 1.54) is 37.7 Å². The third-order valence-corrected chi connectivity index (χ3v) is 4.28. The number of aromatic nitrogens is 1. The van der Waals surface area contributed by atoms with Gasteiger partial charge in [0.2, 0.25) is 0 Å². The number of pyridine rings is 1. The van der Waals surface area contributed by atoms with E-state index in [1.807, 2.05) is 13.1 Å². The highest BCUT2D eigenvalue weighted by Gasteiger charge is 2.55. The molecule has 1 aromatic rings. The van der Waals surface area contributed by atoms with Crippen molar-refractivity contribution < 1.29 is 0 Å². The van der Waals surface area contributed by atoms with E-state index < -0.39 is 0 Å². The van der Waals surface area contributed by atoms with Crippen molar-refractivity contribution in [1.82, 2.24) is 4.98 Å². The molecule has 0 amide bonds. The SMILES string of the molecule is Cc1ccc(C2(N)CC3(CCC3)C2)cn1. The van der Waals surface area contributed by atoms with Crippen LogP contribution >= 0.6 is 0 Å². The molecule has 2 heteroatoms. The van der Waals surface area contributed by atoms with Gasteiger partial charge in [-0.05, 0) is 49.7 Å². The molecular formula is C13H18N2. The lowest BCUT2D eigenvalue weighted by molar-refractivity contribution is -0.0463. The van der Waals surface area contributed by atoms with Gasteiger partial charge < -0.3 is 5.73 Å². The minimum absolute atomic E-state index is 0.0683. The molecule has 2 aliphatic carbocycles. The van der Waals surface area contributed by atoms with Crippen molar-refractivity contribution in [2.45, 2.75) is 44.6 Å². The summed E-state index contributed by atoms with van der Waals surface area (Å²) < 4.78 is 0. The maximum absolute atomic E-state index is 6.42. The lowest BCUT2D eigenvalue weighted by Gasteiger charge is -2.59. The van der Waals surface area contributed by atoms with Crippen molar-refractivity contribution in [3.05, 3.63) is 29.6 Å². The summed E-state index contributed by atoms with van der Waals surface area (Å²) in [5.41, 5.74) is 9.27. The molecule has 0 aromatic carbocycles. The predicted octanol–water partition coefficient (Wildman–Crippen LogP) is 2.51. The Labute approximate surface area is 90.9 Å². The predicted molar refractivity (Wildman–Crippen MR) is 60.4 cm³/mol. The molecule has 15 heavy (non-hydrogen) atoms. The topological polar surface area (TPSA) is 38.9 Å². The zero-order valence-electron chi connectivity index (χ0n) is 9.29. The summed E-state index contributed by atoms with van der Waals surface area (Å²) in [6.07, 6.45) is 8.50. The molecule has 1 aromatic heterocycles. The molecule has 1 heterocycles. The van der Waals surface area contributed by atoms with Gasteiger partial charge in [-0.3, -0.25) is 4.98 Å². The molecule has 2 saturated carbocycles. The molecule has 2 fully saturated rings. The minimum atomic E-state index is -0.0683. The number of hydrogen-bond donors (Lipinski definition) is 1. The van der Waals surface area contributed by atoms with Crippen molar-refractivity contribution in [3.63, 3.8) is 0 Å². The molecule has 2 N–H and O–H groups in total.